The Morgan fingerprint density at radius 3 is 2.50 bits per heavy atom. The van der Waals surface area contributed by atoms with Gasteiger partial charge in [0.15, 0.2) is 0 Å². The molecule has 0 radical (unpaired) electrons. The number of benzene rings is 1. The Hall–Kier alpha value is -0.301. The maximum atomic E-state index is 5.95. The molecule has 22 heavy (non-hydrogen) atoms. The zero-order valence-electron chi connectivity index (χ0n) is 14.8. The van der Waals surface area contributed by atoms with Gasteiger partial charge in [-0.3, -0.25) is 0 Å². The first-order chi connectivity index (χ1) is 10.5. The molecule has 1 aliphatic rings. The van der Waals surface area contributed by atoms with Crippen molar-refractivity contribution in [1.29, 1.82) is 0 Å². The van der Waals surface area contributed by atoms with Crippen molar-refractivity contribution in [2.45, 2.75) is 62.7 Å². The summed E-state index contributed by atoms with van der Waals surface area (Å²) in [4.78, 5) is 0.925. The molecule has 0 bridgehead atoms. The molecule has 1 nitrogen and oxygen atoms in total. The fraction of sp³-hybridized carbons (Fsp3) is 0.700. The minimum absolute atomic E-state index is 0.122. The standard InChI is InChI=1S/C20H32OSe/c1-15(2)18-12-11-16(3)13-19(18)22-14-20(4,21-5)17-9-7-6-8-10-17/h6-10,15-16,18-19H,11-14H2,1-5H3/t16-,18+,19+,20?/m1/s1. The second-order valence-electron chi connectivity index (χ2n) is 7.48. The van der Waals surface area contributed by atoms with Crippen LogP contribution in [0.4, 0.5) is 0 Å². The van der Waals surface area contributed by atoms with Crippen LogP contribution in [0.2, 0.25) is 10.1 Å². The van der Waals surface area contributed by atoms with E-state index in [-0.39, 0.29) is 5.60 Å². The van der Waals surface area contributed by atoms with Crippen LogP contribution in [-0.4, -0.2) is 22.1 Å². The van der Waals surface area contributed by atoms with Crippen LogP contribution in [0.1, 0.15) is 52.5 Å². The summed E-state index contributed by atoms with van der Waals surface area (Å²) in [7, 11) is 1.87. The quantitative estimate of drug-likeness (QED) is 0.599. The summed E-state index contributed by atoms with van der Waals surface area (Å²) in [5.74, 6) is 2.66. The zero-order valence-corrected chi connectivity index (χ0v) is 16.6. The summed E-state index contributed by atoms with van der Waals surface area (Å²) >= 11 is 0.643. The molecule has 1 aromatic carbocycles. The second kappa shape index (κ2) is 7.99. The molecule has 1 aliphatic carbocycles. The van der Waals surface area contributed by atoms with Crippen LogP contribution >= 0.6 is 0 Å². The van der Waals surface area contributed by atoms with Crippen LogP contribution < -0.4 is 0 Å². The van der Waals surface area contributed by atoms with E-state index in [1.165, 1.54) is 30.1 Å². The van der Waals surface area contributed by atoms with E-state index in [2.05, 4.69) is 58.0 Å². The van der Waals surface area contributed by atoms with E-state index >= 15 is 0 Å². The van der Waals surface area contributed by atoms with Gasteiger partial charge in [-0.2, -0.15) is 0 Å². The van der Waals surface area contributed by atoms with Gasteiger partial charge in [-0.05, 0) is 0 Å². The van der Waals surface area contributed by atoms with Crippen molar-refractivity contribution in [3.8, 4) is 0 Å². The third-order valence-electron chi connectivity index (χ3n) is 5.37. The van der Waals surface area contributed by atoms with Crippen molar-refractivity contribution in [1.82, 2.24) is 0 Å². The zero-order chi connectivity index (χ0) is 16.2. The molecule has 0 aliphatic heterocycles. The Balaban J connectivity index is 2.05. The SMILES string of the molecule is COC(C)(C[Se][C@H]1C[C@H](C)CC[C@H]1C(C)C)c1ccccc1. The summed E-state index contributed by atoms with van der Waals surface area (Å²) in [5.41, 5.74) is 1.20. The minimum atomic E-state index is -0.122. The van der Waals surface area contributed by atoms with Gasteiger partial charge in [0.2, 0.25) is 0 Å². The molecule has 2 heteroatoms. The molecule has 1 fully saturated rings. The van der Waals surface area contributed by atoms with Crippen molar-refractivity contribution in [3.05, 3.63) is 35.9 Å². The first-order valence-corrected chi connectivity index (χ1v) is 10.9. The van der Waals surface area contributed by atoms with Gasteiger partial charge < -0.3 is 0 Å². The Kier molecular flexibility index (Phi) is 6.56. The van der Waals surface area contributed by atoms with E-state index in [0.29, 0.717) is 15.0 Å². The Morgan fingerprint density at radius 1 is 1.23 bits per heavy atom. The summed E-state index contributed by atoms with van der Waals surface area (Å²) in [6, 6.07) is 10.8. The third-order valence-corrected chi connectivity index (χ3v) is 8.91. The molecular weight excluding hydrogens is 335 g/mol. The fourth-order valence-electron chi connectivity index (χ4n) is 3.62. The van der Waals surface area contributed by atoms with Gasteiger partial charge in [0.1, 0.15) is 0 Å². The van der Waals surface area contributed by atoms with Crippen molar-refractivity contribution < 1.29 is 4.74 Å². The van der Waals surface area contributed by atoms with E-state index in [0.717, 1.165) is 22.6 Å². The molecule has 0 heterocycles. The van der Waals surface area contributed by atoms with Crippen molar-refractivity contribution >= 4 is 15.0 Å². The van der Waals surface area contributed by atoms with Crippen LogP contribution in [-0.2, 0) is 10.3 Å². The molecular formula is C20H32OSe. The molecule has 0 spiro atoms. The molecule has 0 amide bonds. The monoisotopic (exact) mass is 368 g/mol. The van der Waals surface area contributed by atoms with Gasteiger partial charge in [-0.1, -0.05) is 0 Å². The second-order valence-corrected chi connectivity index (χ2v) is 10.1. The summed E-state index contributed by atoms with van der Waals surface area (Å²) in [5, 5.41) is 1.18. The normalized spacial score (nSPS) is 28.5. The van der Waals surface area contributed by atoms with Crippen LogP contribution in [0.5, 0.6) is 0 Å². The number of methoxy groups -OCH3 is 1. The van der Waals surface area contributed by atoms with E-state index in [4.69, 9.17) is 4.74 Å². The topological polar surface area (TPSA) is 9.23 Å². The summed E-state index contributed by atoms with van der Waals surface area (Å²) in [6.07, 6.45) is 4.29. The Labute approximate surface area is 143 Å². The van der Waals surface area contributed by atoms with Crippen LogP contribution in [0, 0.1) is 17.8 Å². The van der Waals surface area contributed by atoms with Gasteiger partial charge >= 0.3 is 143 Å². The first-order valence-electron chi connectivity index (χ1n) is 8.68. The van der Waals surface area contributed by atoms with Crippen LogP contribution in [0.15, 0.2) is 30.3 Å². The number of hydrogen-bond donors (Lipinski definition) is 0. The molecule has 124 valence electrons. The molecule has 4 atom stereocenters. The van der Waals surface area contributed by atoms with Gasteiger partial charge in [0.25, 0.3) is 0 Å². The number of rotatable bonds is 6. The van der Waals surface area contributed by atoms with E-state index in [9.17, 15) is 0 Å². The van der Waals surface area contributed by atoms with Gasteiger partial charge in [-0.15, -0.1) is 0 Å². The van der Waals surface area contributed by atoms with Gasteiger partial charge in [0, 0.05) is 0 Å². The molecule has 0 N–H and O–H groups in total. The summed E-state index contributed by atoms with van der Waals surface area (Å²) < 4.78 is 5.95. The van der Waals surface area contributed by atoms with E-state index in [1.54, 1.807) is 0 Å². The average Bonchev–Trinajstić information content (AvgIpc) is 2.53. The predicted molar refractivity (Wildman–Crippen MR) is 96.5 cm³/mol. The molecule has 0 aromatic heterocycles. The molecule has 1 saturated carbocycles. The van der Waals surface area contributed by atoms with Crippen molar-refractivity contribution in [2.24, 2.45) is 17.8 Å². The third kappa shape index (κ3) is 4.37. The number of hydrogen-bond acceptors (Lipinski definition) is 1. The molecule has 1 aromatic rings. The van der Waals surface area contributed by atoms with Crippen molar-refractivity contribution in [2.75, 3.05) is 7.11 Å². The fourth-order valence-corrected chi connectivity index (χ4v) is 7.77. The van der Waals surface area contributed by atoms with Crippen LogP contribution in [0.3, 0.4) is 0 Å². The van der Waals surface area contributed by atoms with E-state index < -0.39 is 0 Å². The van der Waals surface area contributed by atoms with Crippen LogP contribution in [0.25, 0.3) is 0 Å². The molecule has 1 unspecified atom stereocenters. The van der Waals surface area contributed by atoms with E-state index in [1.807, 2.05) is 7.11 Å². The molecule has 0 saturated heterocycles. The Bertz CT molecular complexity index is 444. The van der Waals surface area contributed by atoms with Gasteiger partial charge in [-0.25, -0.2) is 0 Å². The predicted octanol–water partition coefficient (Wildman–Crippen LogP) is 5.55. The first kappa shape index (κ1) is 18.0. The maximum absolute atomic E-state index is 5.95. The van der Waals surface area contributed by atoms with Gasteiger partial charge in [0.05, 0.1) is 0 Å². The Morgan fingerprint density at radius 2 is 1.91 bits per heavy atom. The molecule has 2 rings (SSSR count). The number of ether oxygens (including phenoxy) is 1. The van der Waals surface area contributed by atoms with Crippen molar-refractivity contribution in [3.63, 3.8) is 0 Å². The summed E-state index contributed by atoms with van der Waals surface area (Å²) in [6.45, 7) is 9.53. The average molecular weight is 367 g/mol.